The molecule has 1 aromatic carbocycles. The smallest absolute Gasteiger partial charge is 0.135 e. The van der Waals surface area contributed by atoms with Crippen molar-refractivity contribution in [3.63, 3.8) is 0 Å². The fraction of sp³-hybridized carbons (Fsp3) is 0.350. The first-order chi connectivity index (χ1) is 11.9. The maximum absolute atomic E-state index is 4.62. The van der Waals surface area contributed by atoms with Crippen molar-refractivity contribution in [1.29, 1.82) is 0 Å². The van der Waals surface area contributed by atoms with Crippen LogP contribution in [0.4, 0.5) is 5.82 Å². The predicted molar refractivity (Wildman–Crippen MR) is 101 cm³/mol. The van der Waals surface area contributed by atoms with Gasteiger partial charge in [0.1, 0.15) is 17.5 Å². The highest BCUT2D eigenvalue weighted by Crippen LogP contribution is 2.19. The van der Waals surface area contributed by atoms with Gasteiger partial charge in [-0.1, -0.05) is 45.0 Å². The van der Waals surface area contributed by atoms with Crippen LogP contribution in [0, 0.1) is 6.92 Å². The molecule has 3 rings (SSSR count). The molecular formula is C20H25N5. The van der Waals surface area contributed by atoms with Gasteiger partial charge in [-0.25, -0.2) is 15.0 Å². The van der Waals surface area contributed by atoms with E-state index in [0.29, 0.717) is 0 Å². The van der Waals surface area contributed by atoms with Crippen molar-refractivity contribution in [3.8, 4) is 0 Å². The molecule has 5 heteroatoms. The minimum atomic E-state index is -0.0553. The lowest BCUT2D eigenvalue weighted by atomic mass is 9.96. The van der Waals surface area contributed by atoms with E-state index >= 15 is 0 Å². The van der Waals surface area contributed by atoms with Crippen LogP contribution in [0.3, 0.4) is 0 Å². The lowest BCUT2D eigenvalue weighted by molar-refractivity contribution is 0.546. The Morgan fingerprint density at radius 1 is 1.04 bits per heavy atom. The largest absolute Gasteiger partial charge is 0.366 e. The lowest BCUT2D eigenvalue weighted by Crippen LogP contribution is -2.16. The predicted octanol–water partition coefficient (Wildman–Crippen LogP) is 3.94. The van der Waals surface area contributed by atoms with E-state index in [1.165, 1.54) is 11.1 Å². The SMILES string of the molecule is Cc1nccn1Cc1cccc(CNc2ccnc(C(C)(C)C)n2)c1. The molecule has 0 spiro atoms. The summed E-state index contributed by atoms with van der Waals surface area (Å²) in [6.07, 6.45) is 5.66. The van der Waals surface area contributed by atoms with Gasteiger partial charge in [-0.05, 0) is 24.1 Å². The molecule has 2 aromatic heterocycles. The standard InChI is InChI=1S/C20H25N5/c1-15-21-10-11-25(15)14-17-7-5-6-16(12-17)13-23-18-8-9-22-19(24-18)20(2,3)4/h5-12H,13-14H2,1-4H3,(H,22,23,24). The molecule has 130 valence electrons. The zero-order valence-corrected chi connectivity index (χ0v) is 15.3. The molecule has 0 saturated heterocycles. The third-order valence-electron chi connectivity index (χ3n) is 4.07. The molecule has 0 amide bonds. The van der Waals surface area contributed by atoms with Gasteiger partial charge in [0.25, 0.3) is 0 Å². The maximum atomic E-state index is 4.62. The van der Waals surface area contributed by atoms with Gasteiger partial charge >= 0.3 is 0 Å². The van der Waals surface area contributed by atoms with Crippen molar-refractivity contribution in [3.05, 3.63) is 71.7 Å². The molecule has 0 unspecified atom stereocenters. The van der Waals surface area contributed by atoms with Crippen LogP contribution in [0.25, 0.3) is 0 Å². The number of rotatable bonds is 5. The van der Waals surface area contributed by atoms with Gasteiger partial charge in [0, 0.05) is 37.1 Å². The molecule has 25 heavy (non-hydrogen) atoms. The van der Waals surface area contributed by atoms with Crippen LogP contribution in [0.2, 0.25) is 0 Å². The second-order valence-corrected chi connectivity index (χ2v) is 7.29. The van der Waals surface area contributed by atoms with E-state index in [0.717, 1.165) is 30.6 Å². The molecule has 0 aliphatic carbocycles. The Labute approximate surface area is 149 Å². The Balaban J connectivity index is 1.68. The zero-order chi connectivity index (χ0) is 17.9. The van der Waals surface area contributed by atoms with Crippen LogP contribution in [0.1, 0.15) is 43.5 Å². The average molecular weight is 335 g/mol. The van der Waals surface area contributed by atoms with Gasteiger partial charge in [-0.2, -0.15) is 0 Å². The number of anilines is 1. The summed E-state index contributed by atoms with van der Waals surface area (Å²) in [5.74, 6) is 2.73. The Kier molecular flexibility index (Phi) is 4.83. The number of nitrogens with zero attached hydrogens (tertiary/aromatic N) is 4. The van der Waals surface area contributed by atoms with Gasteiger partial charge in [-0.3, -0.25) is 0 Å². The van der Waals surface area contributed by atoms with Crippen LogP contribution in [-0.4, -0.2) is 19.5 Å². The first kappa shape index (κ1) is 17.1. The normalized spacial score (nSPS) is 11.5. The summed E-state index contributed by atoms with van der Waals surface area (Å²) < 4.78 is 2.15. The second kappa shape index (κ2) is 7.05. The van der Waals surface area contributed by atoms with Crippen molar-refractivity contribution < 1.29 is 0 Å². The van der Waals surface area contributed by atoms with Crippen LogP contribution in [-0.2, 0) is 18.5 Å². The summed E-state index contributed by atoms with van der Waals surface area (Å²) in [6.45, 7) is 9.95. The van der Waals surface area contributed by atoms with E-state index in [4.69, 9.17) is 0 Å². The van der Waals surface area contributed by atoms with E-state index < -0.39 is 0 Å². The number of benzene rings is 1. The number of nitrogens with one attached hydrogen (secondary N) is 1. The van der Waals surface area contributed by atoms with Gasteiger partial charge < -0.3 is 9.88 Å². The van der Waals surface area contributed by atoms with E-state index in [2.05, 4.69) is 69.9 Å². The first-order valence-electron chi connectivity index (χ1n) is 8.55. The second-order valence-electron chi connectivity index (χ2n) is 7.29. The van der Waals surface area contributed by atoms with Gasteiger partial charge in [-0.15, -0.1) is 0 Å². The van der Waals surface area contributed by atoms with Crippen LogP contribution >= 0.6 is 0 Å². The van der Waals surface area contributed by atoms with Crippen LogP contribution < -0.4 is 5.32 Å². The number of aromatic nitrogens is 4. The van der Waals surface area contributed by atoms with Gasteiger partial charge in [0.05, 0.1) is 0 Å². The van der Waals surface area contributed by atoms with Gasteiger partial charge in [0.15, 0.2) is 0 Å². The van der Waals surface area contributed by atoms with Crippen LogP contribution in [0.15, 0.2) is 48.9 Å². The lowest BCUT2D eigenvalue weighted by Gasteiger charge is -2.17. The Hall–Kier alpha value is -2.69. The zero-order valence-electron chi connectivity index (χ0n) is 15.3. The molecule has 0 fully saturated rings. The summed E-state index contributed by atoms with van der Waals surface area (Å²) in [5.41, 5.74) is 2.44. The molecule has 5 nitrogen and oxygen atoms in total. The van der Waals surface area contributed by atoms with Crippen molar-refractivity contribution in [2.75, 3.05) is 5.32 Å². The summed E-state index contributed by atoms with van der Waals surface area (Å²) in [5, 5.41) is 3.40. The van der Waals surface area contributed by atoms with Crippen molar-refractivity contribution in [2.45, 2.75) is 46.2 Å². The quantitative estimate of drug-likeness (QED) is 0.767. The molecular weight excluding hydrogens is 310 g/mol. The van der Waals surface area contributed by atoms with Crippen LogP contribution in [0.5, 0.6) is 0 Å². The van der Waals surface area contributed by atoms with E-state index in [9.17, 15) is 0 Å². The summed E-state index contributed by atoms with van der Waals surface area (Å²) >= 11 is 0. The number of aryl methyl sites for hydroxylation is 1. The monoisotopic (exact) mass is 335 g/mol. The first-order valence-corrected chi connectivity index (χ1v) is 8.55. The van der Waals surface area contributed by atoms with Gasteiger partial charge in [0.2, 0.25) is 0 Å². The molecule has 0 atom stereocenters. The highest BCUT2D eigenvalue weighted by Gasteiger charge is 2.17. The molecule has 0 aliphatic rings. The summed E-state index contributed by atoms with van der Waals surface area (Å²) in [7, 11) is 0. The highest BCUT2D eigenvalue weighted by atomic mass is 15.1. The van der Waals surface area contributed by atoms with E-state index in [-0.39, 0.29) is 5.41 Å². The topological polar surface area (TPSA) is 55.6 Å². The third kappa shape index (κ3) is 4.44. The Morgan fingerprint density at radius 2 is 1.84 bits per heavy atom. The number of hydrogen-bond donors (Lipinski definition) is 1. The number of imidazole rings is 1. The minimum absolute atomic E-state index is 0.0553. The molecule has 0 aliphatic heterocycles. The molecule has 0 radical (unpaired) electrons. The molecule has 3 aromatic rings. The van der Waals surface area contributed by atoms with Crippen molar-refractivity contribution >= 4 is 5.82 Å². The van der Waals surface area contributed by atoms with Crippen molar-refractivity contribution in [1.82, 2.24) is 19.5 Å². The van der Waals surface area contributed by atoms with Crippen molar-refractivity contribution in [2.24, 2.45) is 0 Å². The summed E-state index contributed by atoms with van der Waals surface area (Å²) in [4.78, 5) is 13.3. The third-order valence-corrected chi connectivity index (χ3v) is 4.07. The maximum Gasteiger partial charge on any atom is 0.135 e. The van der Waals surface area contributed by atoms with E-state index in [1.807, 2.05) is 31.6 Å². The molecule has 0 saturated carbocycles. The molecule has 1 N–H and O–H groups in total. The Bertz CT molecular complexity index is 845. The average Bonchev–Trinajstić information content (AvgIpc) is 2.98. The minimum Gasteiger partial charge on any atom is -0.366 e. The fourth-order valence-electron chi connectivity index (χ4n) is 2.62. The highest BCUT2D eigenvalue weighted by molar-refractivity contribution is 5.36. The fourth-order valence-corrected chi connectivity index (χ4v) is 2.62. The number of hydrogen-bond acceptors (Lipinski definition) is 4. The molecule has 0 bridgehead atoms. The summed E-state index contributed by atoms with van der Waals surface area (Å²) in [6, 6.07) is 10.5. The molecule has 2 heterocycles. The van der Waals surface area contributed by atoms with E-state index in [1.54, 1.807) is 0 Å². The Morgan fingerprint density at radius 3 is 2.56 bits per heavy atom.